The predicted octanol–water partition coefficient (Wildman–Crippen LogP) is 3.31. The summed E-state index contributed by atoms with van der Waals surface area (Å²) in [7, 11) is 0. The Labute approximate surface area is 132 Å². The van der Waals surface area contributed by atoms with Crippen molar-refractivity contribution >= 4 is 34.2 Å². The van der Waals surface area contributed by atoms with Crippen LogP contribution in [0.15, 0.2) is 36.8 Å². The number of pyridine rings is 2. The first-order valence-electron chi connectivity index (χ1n) is 6.81. The van der Waals surface area contributed by atoms with Crippen LogP contribution in [0, 0.1) is 0 Å². The number of rotatable bonds is 3. The van der Waals surface area contributed by atoms with Gasteiger partial charge in [-0.25, -0.2) is 9.67 Å². The van der Waals surface area contributed by atoms with Crippen molar-refractivity contribution in [3.63, 3.8) is 0 Å². The summed E-state index contributed by atoms with van der Waals surface area (Å²) in [6.07, 6.45) is 4.83. The third-order valence-electron chi connectivity index (χ3n) is 3.13. The van der Waals surface area contributed by atoms with Gasteiger partial charge in [0.1, 0.15) is 5.69 Å². The van der Waals surface area contributed by atoms with Crippen LogP contribution in [0.25, 0.3) is 11.0 Å². The molecule has 0 unspecified atom stereocenters. The van der Waals surface area contributed by atoms with Crippen LogP contribution >= 0.6 is 11.6 Å². The normalized spacial score (nSPS) is 11.1. The number of halogens is 1. The second-order valence-corrected chi connectivity index (χ2v) is 5.57. The third-order valence-corrected chi connectivity index (χ3v) is 3.37. The largest absolute Gasteiger partial charge is 0.319 e. The maximum absolute atomic E-state index is 12.1. The van der Waals surface area contributed by atoms with E-state index in [2.05, 4.69) is 20.4 Å². The minimum atomic E-state index is -0.333. The Morgan fingerprint density at radius 3 is 2.82 bits per heavy atom. The average Bonchev–Trinajstić information content (AvgIpc) is 2.90. The van der Waals surface area contributed by atoms with Gasteiger partial charge in [-0.1, -0.05) is 11.6 Å². The summed E-state index contributed by atoms with van der Waals surface area (Å²) in [6, 6.07) is 5.18. The van der Waals surface area contributed by atoms with E-state index in [1.807, 2.05) is 24.6 Å². The van der Waals surface area contributed by atoms with Crippen LogP contribution in [0.1, 0.15) is 30.4 Å². The number of hydrogen-bond donors (Lipinski definition) is 1. The van der Waals surface area contributed by atoms with Crippen molar-refractivity contribution in [1.29, 1.82) is 0 Å². The van der Waals surface area contributed by atoms with E-state index in [1.54, 1.807) is 18.5 Å². The van der Waals surface area contributed by atoms with E-state index in [9.17, 15) is 4.79 Å². The number of carbonyl (C=O) groups is 1. The SMILES string of the molecule is CC(C)n1ncc2cc(NC(=O)c3cc(Cl)ccn3)cnc21. The highest BCUT2D eigenvalue weighted by Gasteiger charge is 2.11. The summed E-state index contributed by atoms with van der Waals surface area (Å²) in [5.74, 6) is -0.333. The highest BCUT2D eigenvalue weighted by molar-refractivity contribution is 6.30. The lowest BCUT2D eigenvalue weighted by molar-refractivity contribution is 0.102. The Balaban J connectivity index is 1.86. The molecule has 112 valence electrons. The van der Waals surface area contributed by atoms with Crippen molar-refractivity contribution in [3.05, 3.63) is 47.5 Å². The Morgan fingerprint density at radius 2 is 2.09 bits per heavy atom. The molecule has 22 heavy (non-hydrogen) atoms. The van der Waals surface area contributed by atoms with Crippen molar-refractivity contribution in [2.75, 3.05) is 5.32 Å². The monoisotopic (exact) mass is 315 g/mol. The fourth-order valence-corrected chi connectivity index (χ4v) is 2.27. The first-order valence-corrected chi connectivity index (χ1v) is 7.18. The molecule has 1 N–H and O–H groups in total. The minimum absolute atomic E-state index is 0.223. The van der Waals surface area contributed by atoms with Crippen molar-refractivity contribution in [3.8, 4) is 0 Å². The molecule has 3 aromatic rings. The Bertz CT molecular complexity index is 843. The van der Waals surface area contributed by atoms with E-state index in [0.29, 0.717) is 10.7 Å². The number of aromatic nitrogens is 4. The van der Waals surface area contributed by atoms with Gasteiger partial charge >= 0.3 is 0 Å². The van der Waals surface area contributed by atoms with E-state index in [1.165, 1.54) is 12.3 Å². The van der Waals surface area contributed by atoms with Crippen molar-refractivity contribution in [2.45, 2.75) is 19.9 Å². The second-order valence-electron chi connectivity index (χ2n) is 5.13. The van der Waals surface area contributed by atoms with Gasteiger partial charge in [0.2, 0.25) is 0 Å². The topological polar surface area (TPSA) is 72.7 Å². The predicted molar refractivity (Wildman–Crippen MR) is 85.1 cm³/mol. The smallest absolute Gasteiger partial charge is 0.274 e. The Hall–Kier alpha value is -2.47. The zero-order valence-electron chi connectivity index (χ0n) is 12.1. The zero-order chi connectivity index (χ0) is 15.7. The van der Waals surface area contributed by atoms with Crippen LogP contribution in [-0.2, 0) is 0 Å². The van der Waals surface area contributed by atoms with Crippen LogP contribution in [-0.4, -0.2) is 25.7 Å². The van der Waals surface area contributed by atoms with Crippen molar-refractivity contribution in [2.24, 2.45) is 0 Å². The first-order chi connectivity index (χ1) is 10.5. The molecule has 0 saturated heterocycles. The van der Waals surface area contributed by atoms with Gasteiger partial charge in [-0.05, 0) is 32.0 Å². The molecule has 0 bridgehead atoms. The summed E-state index contributed by atoms with van der Waals surface area (Å²) < 4.78 is 1.83. The van der Waals surface area contributed by atoms with Crippen LogP contribution in [0.5, 0.6) is 0 Å². The molecule has 7 heteroatoms. The molecule has 0 aliphatic rings. The minimum Gasteiger partial charge on any atom is -0.319 e. The highest BCUT2D eigenvalue weighted by atomic mass is 35.5. The van der Waals surface area contributed by atoms with Crippen LogP contribution in [0.3, 0.4) is 0 Å². The Morgan fingerprint density at radius 1 is 1.27 bits per heavy atom. The molecule has 0 radical (unpaired) electrons. The summed E-state index contributed by atoms with van der Waals surface area (Å²) in [5.41, 5.74) is 1.63. The number of carbonyl (C=O) groups excluding carboxylic acids is 1. The van der Waals surface area contributed by atoms with Crippen LogP contribution in [0.2, 0.25) is 5.02 Å². The van der Waals surface area contributed by atoms with Gasteiger partial charge in [0.15, 0.2) is 5.65 Å². The van der Waals surface area contributed by atoms with Crippen LogP contribution in [0.4, 0.5) is 5.69 Å². The van der Waals surface area contributed by atoms with Crippen molar-refractivity contribution in [1.82, 2.24) is 19.7 Å². The molecule has 0 fully saturated rings. The number of fused-ring (bicyclic) bond motifs is 1. The molecule has 0 atom stereocenters. The van der Waals surface area contributed by atoms with Gasteiger partial charge in [-0.2, -0.15) is 5.10 Å². The fraction of sp³-hybridized carbons (Fsp3) is 0.200. The first kappa shape index (κ1) is 14.5. The molecule has 3 heterocycles. The molecule has 3 aromatic heterocycles. The molecule has 0 spiro atoms. The van der Waals surface area contributed by atoms with Gasteiger partial charge in [0, 0.05) is 22.6 Å². The molecular formula is C15H14ClN5O. The molecule has 0 saturated carbocycles. The molecule has 6 nitrogen and oxygen atoms in total. The summed E-state index contributed by atoms with van der Waals surface area (Å²) >= 11 is 5.86. The maximum atomic E-state index is 12.1. The number of amides is 1. The summed E-state index contributed by atoms with van der Waals surface area (Å²) in [5, 5.41) is 8.38. The van der Waals surface area contributed by atoms with Crippen LogP contribution < -0.4 is 5.32 Å². The fourth-order valence-electron chi connectivity index (χ4n) is 2.11. The van der Waals surface area contributed by atoms with E-state index in [-0.39, 0.29) is 17.6 Å². The summed E-state index contributed by atoms with van der Waals surface area (Å²) in [6.45, 7) is 4.07. The van der Waals surface area contributed by atoms with Crippen molar-refractivity contribution < 1.29 is 4.79 Å². The molecule has 0 aliphatic heterocycles. The van der Waals surface area contributed by atoms with E-state index in [0.717, 1.165) is 11.0 Å². The molecule has 3 rings (SSSR count). The number of hydrogen-bond acceptors (Lipinski definition) is 4. The van der Waals surface area contributed by atoms with Gasteiger partial charge < -0.3 is 5.32 Å². The second kappa shape index (κ2) is 5.73. The van der Waals surface area contributed by atoms with Gasteiger partial charge in [0.25, 0.3) is 5.91 Å². The zero-order valence-corrected chi connectivity index (χ0v) is 12.9. The molecule has 0 aromatic carbocycles. The summed E-state index contributed by atoms with van der Waals surface area (Å²) in [4.78, 5) is 20.5. The lowest BCUT2D eigenvalue weighted by Crippen LogP contribution is -2.13. The average molecular weight is 316 g/mol. The quantitative estimate of drug-likeness (QED) is 0.804. The van der Waals surface area contributed by atoms with Gasteiger partial charge in [-0.15, -0.1) is 0 Å². The molecular weight excluding hydrogens is 302 g/mol. The standard InChI is InChI=1S/C15H14ClN5O/c1-9(2)21-14-10(7-19-21)5-12(8-18-14)20-15(22)13-6-11(16)3-4-17-13/h3-9H,1-2H3,(H,20,22). The van der Waals surface area contributed by atoms with Gasteiger partial charge in [-0.3, -0.25) is 9.78 Å². The molecule has 1 amide bonds. The molecule has 0 aliphatic carbocycles. The number of nitrogens with one attached hydrogen (secondary N) is 1. The van der Waals surface area contributed by atoms with Gasteiger partial charge in [0.05, 0.1) is 18.1 Å². The van der Waals surface area contributed by atoms with E-state index < -0.39 is 0 Å². The lowest BCUT2D eigenvalue weighted by atomic mass is 10.3. The Kier molecular flexibility index (Phi) is 3.77. The number of nitrogens with zero attached hydrogens (tertiary/aromatic N) is 4. The number of anilines is 1. The third kappa shape index (κ3) is 2.78. The maximum Gasteiger partial charge on any atom is 0.274 e. The highest BCUT2D eigenvalue weighted by Crippen LogP contribution is 2.19. The van der Waals surface area contributed by atoms with E-state index in [4.69, 9.17) is 11.6 Å². The van der Waals surface area contributed by atoms with E-state index >= 15 is 0 Å². The lowest BCUT2D eigenvalue weighted by Gasteiger charge is -2.07.